The van der Waals surface area contributed by atoms with E-state index in [9.17, 15) is 4.79 Å². The first-order chi connectivity index (χ1) is 12.2. The second-order valence-corrected chi connectivity index (χ2v) is 5.88. The number of fused-ring (bicyclic) bond motifs is 1. The molecule has 0 saturated heterocycles. The van der Waals surface area contributed by atoms with E-state index in [4.69, 9.17) is 0 Å². The first kappa shape index (κ1) is 15.1. The average molecular weight is 328 g/mol. The first-order valence-electron chi connectivity index (χ1n) is 7.97. The monoisotopic (exact) mass is 328 g/mol. The van der Waals surface area contributed by atoms with Crippen molar-refractivity contribution in [1.82, 2.24) is 15.0 Å². The van der Waals surface area contributed by atoms with Gasteiger partial charge in [-0.1, -0.05) is 18.2 Å². The summed E-state index contributed by atoms with van der Waals surface area (Å²) in [5.41, 5.74) is 5.31. The molecule has 0 atom stereocenters. The molecular weight excluding hydrogens is 312 g/mol. The Hall–Kier alpha value is -3.47. The fraction of sp³-hybridized carbons (Fsp3) is 0.0500. The Balaban J connectivity index is 1.63. The van der Waals surface area contributed by atoms with Crippen molar-refractivity contribution in [3.05, 3.63) is 78.1 Å². The van der Waals surface area contributed by atoms with Crippen molar-refractivity contribution >= 4 is 22.6 Å². The number of pyridine rings is 1. The number of aromatic amines is 1. The number of H-pyrrole nitrogens is 1. The second kappa shape index (κ2) is 6.20. The number of anilines is 1. The van der Waals surface area contributed by atoms with Crippen molar-refractivity contribution in [1.29, 1.82) is 0 Å². The molecular formula is C20H16N4O. The summed E-state index contributed by atoms with van der Waals surface area (Å²) in [6.07, 6.45) is 3.20. The van der Waals surface area contributed by atoms with Crippen molar-refractivity contribution in [2.45, 2.75) is 6.92 Å². The Morgan fingerprint density at radius 1 is 1.04 bits per heavy atom. The average Bonchev–Trinajstić information content (AvgIpc) is 3.06. The Bertz CT molecular complexity index is 1050. The van der Waals surface area contributed by atoms with Gasteiger partial charge in [-0.3, -0.25) is 9.78 Å². The van der Waals surface area contributed by atoms with Crippen molar-refractivity contribution < 1.29 is 4.79 Å². The summed E-state index contributed by atoms with van der Waals surface area (Å²) in [4.78, 5) is 24.2. The normalized spacial score (nSPS) is 10.8. The third-order valence-corrected chi connectivity index (χ3v) is 3.97. The summed E-state index contributed by atoms with van der Waals surface area (Å²) >= 11 is 0. The zero-order valence-corrected chi connectivity index (χ0v) is 13.7. The smallest absolute Gasteiger partial charge is 0.255 e. The molecule has 1 amide bonds. The third kappa shape index (κ3) is 3.12. The summed E-state index contributed by atoms with van der Waals surface area (Å²) in [5, 5.41) is 2.90. The lowest BCUT2D eigenvalue weighted by atomic mass is 10.2. The second-order valence-electron chi connectivity index (χ2n) is 5.88. The summed E-state index contributed by atoms with van der Waals surface area (Å²) < 4.78 is 0. The van der Waals surface area contributed by atoms with Crippen LogP contribution in [-0.2, 0) is 0 Å². The molecule has 5 nitrogen and oxygen atoms in total. The van der Waals surface area contributed by atoms with Crippen LogP contribution in [0.15, 0.2) is 67.0 Å². The number of aryl methyl sites for hydroxylation is 1. The predicted molar refractivity (Wildman–Crippen MR) is 98.5 cm³/mol. The number of rotatable bonds is 3. The first-order valence-corrected chi connectivity index (χ1v) is 7.97. The maximum atomic E-state index is 12.3. The minimum Gasteiger partial charge on any atom is -0.338 e. The van der Waals surface area contributed by atoms with E-state index in [2.05, 4.69) is 33.3 Å². The highest BCUT2D eigenvalue weighted by molar-refractivity contribution is 6.04. The van der Waals surface area contributed by atoms with Gasteiger partial charge in [-0.2, -0.15) is 0 Å². The largest absolute Gasteiger partial charge is 0.338 e. The lowest BCUT2D eigenvalue weighted by molar-refractivity contribution is 0.102. The molecule has 122 valence electrons. The van der Waals surface area contributed by atoms with Crippen LogP contribution in [0.3, 0.4) is 0 Å². The van der Waals surface area contributed by atoms with Crippen LogP contribution in [0.5, 0.6) is 0 Å². The van der Waals surface area contributed by atoms with E-state index in [1.807, 2.05) is 36.4 Å². The van der Waals surface area contributed by atoms with E-state index in [-0.39, 0.29) is 5.91 Å². The number of hydrogen-bond donors (Lipinski definition) is 2. The van der Waals surface area contributed by atoms with Crippen molar-refractivity contribution in [3.8, 4) is 11.4 Å². The topological polar surface area (TPSA) is 70.7 Å². The highest BCUT2D eigenvalue weighted by atomic mass is 16.1. The van der Waals surface area contributed by atoms with Crippen LogP contribution in [0.25, 0.3) is 22.4 Å². The van der Waals surface area contributed by atoms with Crippen LogP contribution in [0.2, 0.25) is 0 Å². The number of amides is 1. The quantitative estimate of drug-likeness (QED) is 0.592. The summed E-state index contributed by atoms with van der Waals surface area (Å²) in [6.45, 7) is 2.05. The number of carbonyl (C=O) groups is 1. The Morgan fingerprint density at radius 3 is 2.72 bits per heavy atom. The molecule has 0 aliphatic carbocycles. The molecule has 2 N–H and O–H groups in total. The molecule has 0 saturated carbocycles. The number of nitrogens with one attached hydrogen (secondary N) is 2. The summed E-state index contributed by atoms with van der Waals surface area (Å²) in [7, 11) is 0. The molecule has 0 unspecified atom stereocenters. The maximum absolute atomic E-state index is 12.3. The lowest BCUT2D eigenvalue weighted by Crippen LogP contribution is -2.11. The van der Waals surface area contributed by atoms with Gasteiger partial charge in [0.1, 0.15) is 5.82 Å². The minimum atomic E-state index is -0.167. The van der Waals surface area contributed by atoms with Gasteiger partial charge in [-0.05, 0) is 48.9 Å². The number of benzene rings is 2. The molecule has 25 heavy (non-hydrogen) atoms. The fourth-order valence-corrected chi connectivity index (χ4v) is 2.71. The lowest BCUT2D eigenvalue weighted by Gasteiger charge is -2.06. The van der Waals surface area contributed by atoms with Gasteiger partial charge in [-0.15, -0.1) is 0 Å². The van der Waals surface area contributed by atoms with Gasteiger partial charge >= 0.3 is 0 Å². The van der Waals surface area contributed by atoms with Gasteiger partial charge in [0.15, 0.2) is 0 Å². The molecule has 2 aromatic heterocycles. The Kier molecular flexibility index (Phi) is 3.74. The van der Waals surface area contributed by atoms with E-state index >= 15 is 0 Å². The van der Waals surface area contributed by atoms with Gasteiger partial charge in [0.05, 0.1) is 11.0 Å². The highest BCUT2D eigenvalue weighted by Gasteiger charge is 2.09. The maximum Gasteiger partial charge on any atom is 0.255 e. The SMILES string of the molecule is Cc1ccc2nc(-c3cccc(NC(=O)c4ccncc4)c3)[nH]c2c1. The van der Waals surface area contributed by atoms with E-state index in [1.165, 1.54) is 5.56 Å². The van der Waals surface area contributed by atoms with Crippen LogP contribution in [-0.4, -0.2) is 20.9 Å². The van der Waals surface area contributed by atoms with Crippen molar-refractivity contribution in [2.24, 2.45) is 0 Å². The highest BCUT2D eigenvalue weighted by Crippen LogP contribution is 2.24. The molecule has 5 heteroatoms. The Morgan fingerprint density at radius 2 is 1.88 bits per heavy atom. The molecule has 0 aliphatic heterocycles. The van der Waals surface area contributed by atoms with Gasteiger partial charge in [0.2, 0.25) is 0 Å². The molecule has 0 fully saturated rings. The van der Waals surface area contributed by atoms with Gasteiger partial charge in [0.25, 0.3) is 5.91 Å². The van der Waals surface area contributed by atoms with Crippen LogP contribution < -0.4 is 5.32 Å². The van der Waals surface area contributed by atoms with E-state index in [0.717, 1.165) is 28.1 Å². The molecule has 4 aromatic rings. The fourth-order valence-electron chi connectivity index (χ4n) is 2.71. The minimum absolute atomic E-state index is 0.167. The number of nitrogens with zero attached hydrogens (tertiary/aromatic N) is 2. The third-order valence-electron chi connectivity index (χ3n) is 3.97. The number of imidazole rings is 1. The molecule has 4 rings (SSSR count). The van der Waals surface area contributed by atoms with E-state index in [1.54, 1.807) is 24.5 Å². The number of carbonyl (C=O) groups excluding carboxylic acids is 1. The van der Waals surface area contributed by atoms with Crippen LogP contribution in [0, 0.1) is 6.92 Å². The zero-order chi connectivity index (χ0) is 17.2. The standard InChI is InChI=1S/C20H16N4O/c1-13-5-6-17-18(11-13)24-19(23-17)15-3-2-4-16(12-15)22-20(25)14-7-9-21-10-8-14/h2-12H,1H3,(H,22,25)(H,23,24). The summed E-state index contributed by atoms with van der Waals surface area (Å²) in [6, 6.07) is 17.1. The Labute approximate surface area is 144 Å². The number of hydrogen-bond acceptors (Lipinski definition) is 3. The molecule has 0 spiro atoms. The van der Waals surface area contributed by atoms with Crippen LogP contribution in [0.4, 0.5) is 5.69 Å². The van der Waals surface area contributed by atoms with E-state index < -0.39 is 0 Å². The molecule has 0 aliphatic rings. The molecule has 2 heterocycles. The summed E-state index contributed by atoms with van der Waals surface area (Å²) in [5.74, 6) is 0.611. The number of aromatic nitrogens is 3. The van der Waals surface area contributed by atoms with Crippen LogP contribution >= 0.6 is 0 Å². The molecule has 2 aromatic carbocycles. The zero-order valence-electron chi connectivity index (χ0n) is 13.7. The van der Waals surface area contributed by atoms with Gasteiger partial charge in [0, 0.05) is 29.2 Å². The van der Waals surface area contributed by atoms with Crippen molar-refractivity contribution in [2.75, 3.05) is 5.32 Å². The molecule has 0 bridgehead atoms. The predicted octanol–water partition coefficient (Wildman–Crippen LogP) is 4.19. The van der Waals surface area contributed by atoms with Crippen LogP contribution in [0.1, 0.15) is 15.9 Å². The van der Waals surface area contributed by atoms with Gasteiger partial charge in [-0.25, -0.2) is 4.98 Å². The molecule has 0 radical (unpaired) electrons. The van der Waals surface area contributed by atoms with E-state index in [0.29, 0.717) is 5.56 Å². The van der Waals surface area contributed by atoms with Gasteiger partial charge < -0.3 is 10.3 Å². The van der Waals surface area contributed by atoms with Crippen molar-refractivity contribution in [3.63, 3.8) is 0 Å².